The molecule has 35 heavy (non-hydrogen) atoms. The lowest BCUT2D eigenvalue weighted by atomic mass is 10.1. The van der Waals surface area contributed by atoms with Crippen LogP contribution in [0.4, 0.5) is 5.69 Å². The molecular weight excluding hydrogens is 466 g/mol. The van der Waals surface area contributed by atoms with Crippen LogP contribution in [0.15, 0.2) is 48.5 Å². The van der Waals surface area contributed by atoms with Crippen LogP contribution in [0.1, 0.15) is 44.7 Å². The van der Waals surface area contributed by atoms with Gasteiger partial charge in [-0.1, -0.05) is 37.6 Å². The van der Waals surface area contributed by atoms with Crippen LogP contribution in [0, 0.1) is 6.92 Å². The minimum absolute atomic E-state index is 0.189. The molecule has 2 amide bonds. The first-order valence-corrected chi connectivity index (χ1v) is 13.8. The number of sulfonamides is 1. The number of aryl methyl sites for hydroxylation is 1. The number of nitrogens with one attached hydrogen (secondary N) is 1. The average molecular weight is 504 g/mol. The van der Waals surface area contributed by atoms with E-state index in [0.717, 1.165) is 34.5 Å². The minimum Gasteiger partial charge on any atom is -0.494 e. The van der Waals surface area contributed by atoms with E-state index in [-0.39, 0.29) is 12.5 Å². The number of carbonyl (C=O) groups is 2. The first-order chi connectivity index (χ1) is 16.6. The Labute approximate surface area is 209 Å². The fourth-order valence-electron chi connectivity index (χ4n) is 3.58. The molecule has 0 unspecified atom stereocenters. The Hall–Kier alpha value is -3.07. The van der Waals surface area contributed by atoms with Crippen LogP contribution < -0.4 is 14.4 Å². The number of rotatable bonds is 13. The summed E-state index contributed by atoms with van der Waals surface area (Å²) < 4.78 is 31.8. The summed E-state index contributed by atoms with van der Waals surface area (Å²) in [5.74, 6) is -0.132. The van der Waals surface area contributed by atoms with Gasteiger partial charge in [0.1, 0.15) is 18.3 Å². The second-order valence-corrected chi connectivity index (χ2v) is 10.4. The van der Waals surface area contributed by atoms with Crippen LogP contribution in [-0.2, 0) is 26.2 Å². The highest BCUT2D eigenvalue weighted by Gasteiger charge is 2.30. The maximum Gasteiger partial charge on any atom is 0.244 e. The second kappa shape index (κ2) is 13.1. The first kappa shape index (κ1) is 28.2. The van der Waals surface area contributed by atoms with Gasteiger partial charge in [0.25, 0.3) is 0 Å². The summed E-state index contributed by atoms with van der Waals surface area (Å²) in [6.45, 7) is 8.27. The van der Waals surface area contributed by atoms with Crippen molar-refractivity contribution in [1.82, 2.24) is 10.2 Å². The van der Waals surface area contributed by atoms with E-state index in [1.54, 1.807) is 31.2 Å². The van der Waals surface area contributed by atoms with Crippen LogP contribution in [0.2, 0.25) is 0 Å². The van der Waals surface area contributed by atoms with Gasteiger partial charge in [-0.15, -0.1) is 0 Å². The largest absolute Gasteiger partial charge is 0.494 e. The maximum atomic E-state index is 13.5. The minimum atomic E-state index is -3.77. The third-order valence-electron chi connectivity index (χ3n) is 5.71. The number of benzene rings is 2. The van der Waals surface area contributed by atoms with Crippen molar-refractivity contribution in [3.8, 4) is 5.75 Å². The molecule has 1 atom stereocenters. The number of hydrogen-bond acceptors (Lipinski definition) is 5. The zero-order valence-corrected chi connectivity index (χ0v) is 22.1. The molecular formula is C26H37N3O5S. The van der Waals surface area contributed by atoms with Gasteiger partial charge >= 0.3 is 0 Å². The molecule has 9 heteroatoms. The third-order valence-corrected chi connectivity index (χ3v) is 6.85. The molecule has 192 valence electrons. The van der Waals surface area contributed by atoms with Crippen molar-refractivity contribution in [2.24, 2.45) is 0 Å². The monoisotopic (exact) mass is 503 g/mol. The molecule has 0 bridgehead atoms. The molecule has 2 aromatic rings. The van der Waals surface area contributed by atoms with Crippen molar-refractivity contribution < 1.29 is 22.7 Å². The van der Waals surface area contributed by atoms with E-state index in [1.165, 1.54) is 4.90 Å². The molecule has 0 aliphatic rings. The highest BCUT2D eigenvalue weighted by atomic mass is 32.2. The lowest BCUT2D eigenvalue weighted by Crippen LogP contribution is -2.51. The smallest absolute Gasteiger partial charge is 0.244 e. The molecule has 0 aromatic heterocycles. The van der Waals surface area contributed by atoms with E-state index in [9.17, 15) is 18.0 Å². The standard InChI is InChI=1S/C26H37N3O5S/c1-6-8-17-27-26(31)21(4)28(18-22-12-10-9-11-20(22)3)25(30)19-29(35(5,32)33)23-13-15-24(16-14-23)34-7-2/h9-16,21H,6-8,17-19H2,1-5H3,(H,27,31)/t21-/m0/s1. The first-order valence-electron chi connectivity index (χ1n) is 11.9. The Morgan fingerprint density at radius 3 is 2.29 bits per heavy atom. The molecule has 0 fully saturated rings. The lowest BCUT2D eigenvalue weighted by Gasteiger charge is -2.32. The molecule has 0 radical (unpaired) electrons. The van der Waals surface area contributed by atoms with Crippen LogP contribution in [-0.4, -0.2) is 57.1 Å². The number of ether oxygens (including phenoxy) is 1. The second-order valence-electron chi connectivity index (χ2n) is 8.47. The Morgan fingerprint density at radius 2 is 1.71 bits per heavy atom. The summed E-state index contributed by atoms with van der Waals surface area (Å²) in [4.78, 5) is 27.8. The van der Waals surface area contributed by atoms with Gasteiger partial charge in [-0.25, -0.2) is 8.42 Å². The highest BCUT2D eigenvalue weighted by Crippen LogP contribution is 2.23. The number of unbranched alkanes of at least 4 members (excludes halogenated alkanes) is 1. The number of nitrogens with zero attached hydrogens (tertiary/aromatic N) is 2. The lowest BCUT2D eigenvalue weighted by molar-refractivity contribution is -0.139. The topological polar surface area (TPSA) is 96.0 Å². The molecule has 2 aromatic carbocycles. The Bertz CT molecular complexity index is 1090. The van der Waals surface area contributed by atoms with Crippen molar-refractivity contribution in [2.75, 3.05) is 30.3 Å². The van der Waals surface area contributed by atoms with E-state index in [4.69, 9.17) is 4.74 Å². The van der Waals surface area contributed by atoms with Crippen molar-refractivity contribution in [1.29, 1.82) is 0 Å². The van der Waals surface area contributed by atoms with Crippen molar-refractivity contribution in [2.45, 2.75) is 53.1 Å². The van der Waals surface area contributed by atoms with Gasteiger partial charge < -0.3 is 15.0 Å². The molecule has 1 N–H and O–H groups in total. The van der Waals surface area contributed by atoms with Gasteiger partial charge in [-0.3, -0.25) is 13.9 Å². The average Bonchev–Trinajstić information content (AvgIpc) is 2.81. The quantitative estimate of drug-likeness (QED) is 0.422. The van der Waals surface area contributed by atoms with E-state index in [2.05, 4.69) is 5.32 Å². The van der Waals surface area contributed by atoms with Crippen molar-refractivity contribution >= 4 is 27.5 Å². The maximum absolute atomic E-state index is 13.5. The SMILES string of the molecule is CCCCNC(=O)[C@H](C)N(Cc1ccccc1C)C(=O)CN(c1ccc(OCC)cc1)S(C)(=O)=O. The zero-order valence-electron chi connectivity index (χ0n) is 21.3. The summed E-state index contributed by atoms with van der Waals surface area (Å²) in [6, 6.07) is 13.4. The summed E-state index contributed by atoms with van der Waals surface area (Å²) in [5.41, 5.74) is 2.22. The van der Waals surface area contributed by atoms with Crippen molar-refractivity contribution in [3.63, 3.8) is 0 Å². The van der Waals surface area contributed by atoms with Crippen LogP contribution in [0.25, 0.3) is 0 Å². The van der Waals surface area contributed by atoms with Gasteiger partial charge in [0, 0.05) is 13.1 Å². The fraction of sp³-hybridized carbons (Fsp3) is 0.462. The summed E-state index contributed by atoms with van der Waals surface area (Å²) in [7, 11) is -3.77. The van der Waals surface area contributed by atoms with E-state index in [1.807, 2.05) is 45.0 Å². The van der Waals surface area contributed by atoms with Gasteiger partial charge in [0.2, 0.25) is 21.8 Å². The Balaban J connectivity index is 2.34. The predicted octanol–water partition coefficient (Wildman–Crippen LogP) is 3.49. The van der Waals surface area contributed by atoms with E-state index < -0.39 is 28.5 Å². The van der Waals surface area contributed by atoms with Gasteiger partial charge in [-0.2, -0.15) is 0 Å². The predicted molar refractivity (Wildman–Crippen MR) is 139 cm³/mol. The van der Waals surface area contributed by atoms with Crippen LogP contribution in [0.3, 0.4) is 0 Å². The molecule has 0 spiro atoms. The fourth-order valence-corrected chi connectivity index (χ4v) is 4.43. The van der Waals surface area contributed by atoms with Gasteiger partial charge in [0.15, 0.2) is 0 Å². The van der Waals surface area contributed by atoms with Gasteiger partial charge in [0.05, 0.1) is 18.6 Å². The molecule has 0 heterocycles. The zero-order chi connectivity index (χ0) is 26.0. The number of amides is 2. The highest BCUT2D eigenvalue weighted by molar-refractivity contribution is 7.92. The Kier molecular flexibility index (Phi) is 10.6. The Morgan fingerprint density at radius 1 is 1.06 bits per heavy atom. The summed E-state index contributed by atoms with van der Waals surface area (Å²) >= 11 is 0. The van der Waals surface area contributed by atoms with Crippen LogP contribution >= 0.6 is 0 Å². The number of hydrogen-bond donors (Lipinski definition) is 1. The molecule has 0 aliphatic heterocycles. The van der Waals surface area contributed by atoms with E-state index >= 15 is 0 Å². The van der Waals surface area contributed by atoms with E-state index in [0.29, 0.717) is 24.6 Å². The molecule has 0 saturated carbocycles. The molecule has 2 rings (SSSR count). The summed E-state index contributed by atoms with van der Waals surface area (Å²) in [6.07, 6.45) is 2.83. The van der Waals surface area contributed by atoms with Gasteiger partial charge in [-0.05, 0) is 62.6 Å². The number of carbonyl (C=O) groups excluding carboxylic acids is 2. The molecule has 8 nitrogen and oxygen atoms in total. The summed E-state index contributed by atoms with van der Waals surface area (Å²) in [5, 5.41) is 2.87. The van der Waals surface area contributed by atoms with Crippen molar-refractivity contribution in [3.05, 3.63) is 59.7 Å². The normalized spacial score (nSPS) is 12.0. The molecule has 0 saturated heterocycles. The van der Waals surface area contributed by atoms with Crippen LogP contribution in [0.5, 0.6) is 5.75 Å². The number of anilines is 1. The third kappa shape index (κ3) is 8.28. The molecule has 0 aliphatic carbocycles.